The fraction of sp³-hybridized carbons (Fsp3) is 0.333. The van der Waals surface area contributed by atoms with Crippen molar-refractivity contribution in [2.24, 2.45) is 0 Å². The first-order valence-corrected chi connectivity index (χ1v) is 4.66. The van der Waals surface area contributed by atoms with Gasteiger partial charge in [0.25, 0.3) is 0 Å². The largest absolute Gasteiger partial charge is 0.315 e. The number of hydrogen-bond donors (Lipinski definition) is 0. The molecule has 0 radical (unpaired) electrons. The molecule has 0 unspecified atom stereocenters. The van der Waals surface area contributed by atoms with Crippen LogP contribution in [0.5, 0.6) is 0 Å². The van der Waals surface area contributed by atoms with E-state index < -0.39 is 0 Å². The number of rotatable bonds is 2. The van der Waals surface area contributed by atoms with Gasteiger partial charge in [-0.05, 0) is 12.5 Å². The van der Waals surface area contributed by atoms with Crippen molar-refractivity contribution in [3.05, 3.63) is 23.6 Å². The van der Waals surface area contributed by atoms with Crippen molar-refractivity contribution in [2.75, 3.05) is 0 Å². The summed E-state index contributed by atoms with van der Waals surface area (Å²) in [5.74, 6) is 0. The van der Waals surface area contributed by atoms with Crippen LogP contribution in [0.1, 0.15) is 13.3 Å². The fourth-order valence-electron chi connectivity index (χ4n) is 1.34. The first-order valence-electron chi connectivity index (χ1n) is 4.28. The van der Waals surface area contributed by atoms with Gasteiger partial charge in [0, 0.05) is 12.7 Å². The number of pyridine rings is 1. The molecule has 0 fully saturated rings. The lowest BCUT2D eigenvalue weighted by molar-refractivity contribution is 0.691. The summed E-state index contributed by atoms with van der Waals surface area (Å²) >= 11 is 5.95. The third-order valence-electron chi connectivity index (χ3n) is 1.92. The number of aryl methyl sites for hydroxylation is 1. The molecule has 0 aliphatic carbocycles. The van der Waals surface area contributed by atoms with Gasteiger partial charge in [0.15, 0.2) is 5.65 Å². The van der Waals surface area contributed by atoms with E-state index in [1.807, 2.05) is 4.57 Å². The number of nitrogens with zero attached hydrogens (tertiary/aromatic N) is 3. The maximum atomic E-state index is 5.95. The summed E-state index contributed by atoms with van der Waals surface area (Å²) in [5, 5.41) is 0.667. The predicted molar refractivity (Wildman–Crippen MR) is 52.8 cm³/mol. The second-order valence-corrected chi connectivity index (χ2v) is 3.31. The van der Waals surface area contributed by atoms with Crippen LogP contribution in [0.4, 0.5) is 0 Å². The number of halogens is 1. The summed E-state index contributed by atoms with van der Waals surface area (Å²) < 4.78 is 2.02. The van der Waals surface area contributed by atoms with Crippen LogP contribution in [0.15, 0.2) is 18.6 Å². The second kappa shape index (κ2) is 3.34. The van der Waals surface area contributed by atoms with E-state index in [9.17, 15) is 0 Å². The zero-order valence-corrected chi connectivity index (χ0v) is 8.12. The van der Waals surface area contributed by atoms with Gasteiger partial charge in [0.05, 0.1) is 11.3 Å². The van der Waals surface area contributed by atoms with Crippen LogP contribution in [0.2, 0.25) is 5.02 Å². The van der Waals surface area contributed by atoms with E-state index in [1.165, 1.54) is 0 Å². The van der Waals surface area contributed by atoms with Crippen LogP contribution < -0.4 is 0 Å². The highest BCUT2D eigenvalue weighted by molar-refractivity contribution is 6.34. The molecule has 0 amide bonds. The minimum atomic E-state index is 0.667. The summed E-state index contributed by atoms with van der Waals surface area (Å²) in [6, 6.07) is 1.76. The minimum absolute atomic E-state index is 0.667. The molecule has 0 saturated carbocycles. The lowest BCUT2D eigenvalue weighted by Gasteiger charge is -1.99. The van der Waals surface area contributed by atoms with Crippen LogP contribution in [0.3, 0.4) is 0 Å². The van der Waals surface area contributed by atoms with E-state index in [-0.39, 0.29) is 0 Å². The zero-order chi connectivity index (χ0) is 9.26. The molecular weight excluding hydrogens is 186 g/mol. The Morgan fingerprint density at radius 3 is 3.08 bits per heavy atom. The Hall–Kier alpha value is -1.09. The van der Waals surface area contributed by atoms with Gasteiger partial charge in [-0.3, -0.25) is 0 Å². The third-order valence-corrected chi connectivity index (χ3v) is 2.22. The molecule has 2 heterocycles. The maximum Gasteiger partial charge on any atom is 0.161 e. The summed E-state index contributed by atoms with van der Waals surface area (Å²) in [6.45, 7) is 3.06. The van der Waals surface area contributed by atoms with E-state index in [2.05, 4.69) is 16.9 Å². The molecule has 3 nitrogen and oxygen atoms in total. The van der Waals surface area contributed by atoms with Gasteiger partial charge >= 0.3 is 0 Å². The van der Waals surface area contributed by atoms with Crippen molar-refractivity contribution in [3.8, 4) is 0 Å². The molecule has 2 rings (SSSR count). The van der Waals surface area contributed by atoms with Crippen LogP contribution >= 0.6 is 11.6 Å². The predicted octanol–water partition coefficient (Wildman–Crippen LogP) is 2.49. The van der Waals surface area contributed by atoms with Crippen LogP contribution in [0.25, 0.3) is 11.2 Å². The topological polar surface area (TPSA) is 30.7 Å². The Labute approximate surface area is 81.4 Å². The van der Waals surface area contributed by atoms with E-state index in [1.54, 1.807) is 18.6 Å². The van der Waals surface area contributed by atoms with Gasteiger partial charge in [0.2, 0.25) is 0 Å². The molecule has 4 heteroatoms. The maximum absolute atomic E-state index is 5.95. The van der Waals surface area contributed by atoms with Gasteiger partial charge in [0.1, 0.15) is 5.52 Å². The summed E-state index contributed by atoms with van der Waals surface area (Å²) in [7, 11) is 0. The lowest BCUT2D eigenvalue weighted by Crippen LogP contribution is -1.95. The van der Waals surface area contributed by atoms with Gasteiger partial charge < -0.3 is 4.57 Å². The standard InChI is InChI=1S/C9H10ClN3/c1-2-5-13-6-12-8-7(10)3-4-11-9(8)13/h3-4,6H,2,5H2,1H3. The number of aromatic nitrogens is 3. The molecule has 2 aromatic heterocycles. The molecule has 0 saturated heterocycles. The molecule has 0 bridgehead atoms. The van der Waals surface area contributed by atoms with Crippen molar-refractivity contribution in [1.82, 2.24) is 14.5 Å². The Balaban J connectivity index is 2.61. The molecule has 0 N–H and O–H groups in total. The highest BCUT2D eigenvalue weighted by Gasteiger charge is 2.05. The van der Waals surface area contributed by atoms with Crippen LogP contribution in [-0.4, -0.2) is 14.5 Å². The third kappa shape index (κ3) is 1.40. The molecular formula is C9H10ClN3. The van der Waals surface area contributed by atoms with Gasteiger partial charge in [-0.1, -0.05) is 18.5 Å². The molecule has 0 spiro atoms. The van der Waals surface area contributed by atoms with Gasteiger partial charge in [-0.15, -0.1) is 0 Å². The first-order chi connectivity index (χ1) is 6.33. The molecule has 0 atom stereocenters. The van der Waals surface area contributed by atoms with Crippen molar-refractivity contribution >= 4 is 22.8 Å². The molecule has 13 heavy (non-hydrogen) atoms. The molecule has 0 aromatic carbocycles. The monoisotopic (exact) mass is 195 g/mol. The highest BCUT2D eigenvalue weighted by Crippen LogP contribution is 2.19. The van der Waals surface area contributed by atoms with E-state index >= 15 is 0 Å². The summed E-state index contributed by atoms with van der Waals surface area (Å²) in [5.41, 5.74) is 1.66. The van der Waals surface area contributed by atoms with E-state index in [0.717, 1.165) is 24.1 Å². The smallest absolute Gasteiger partial charge is 0.161 e. The normalized spacial score (nSPS) is 10.9. The van der Waals surface area contributed by atoms with Crippen molar-refractivity contribution in [1.29, 1.82) is 0 Å². The van der Waals surface area contributed by atoms with Crippen LogP contribution in [-0.2, 0) is 6.54 Å². The summed E-state index contributed by atoms with van der Waals surface area (Å²) in [6.07, 6.45) is 4.56. The summed E-state index contributed by atoms with van der Waals surface area (Å²) in [4.78, 5) is 8.44. The van der Waals surface area contributed by atoms with Crippen molar-refractivity contribution in [3.63, 3.8) is 0 Å². The molecule has 0 aliphatic heterocycles. The van der Waals surface area contributed by atoms with Crippen molar-refractivity contribution in [2.45, 2.75) is 19.9 Å². The molecule has 2 aromatic rings. The quantitative estimate of drug-likeness (QED) is 0.737. The van der Waals surface area contributed by atoms with Crippen molar-refractivity contribution < 1.29 is 0 Å². The second-order valence-electron chi connectivity index (χ2n) is 2.90. The van der Waals surface area contributed by atoms with E-state index in [0.29, 0.717) is 5.02 Å². The Morgan fingerprint density at radius 1 is 1.46 bits per heavy atom. The van der Waals surface area contributed by atoms with Gasteiger partial charge in [-0.25, -0.2) is 9.97 Å². The number of hydrogen-bond acceptors (Lipinski definition) is 2. The average molecular weight is 196 g/mol. The first kappa shape index (κ1) is 8.51. The zero-order valence-electron chi connectivity index (χ0n) is 7.37. The Bertz CT molecular complexity index is 422. The Morgan fingerprint density at radius 2 is 2.31 bits per heavy atom. The molecule has 68 valence electrons. The highest BCUT2D eigenvalue weighted by atomic mass is 35.5. The number of imidazole rings is 1. The SMILES string of the molecule is CCCn1cnc2c(Cl)ccnc21. The minimum Gasteiger partial charge on any atom is -0.315 e. The van der Waals surface area contributed by atoms with Gasteiger partial charge in [-0.2, -0.15) is 0 Å². The fourth-order valence-corrected chi connectivity index (χ4v) is 1.53. The lowest BCUT2D eigenvalue weighted by atomic mass is 10.4. The van der Waals surface area contributed by atoms with Crippen LogP contribution in [0, 0.1) is 0 Å². The molecule has 0 aliphatic rings. The number of fused-ring (bicyclic) bond motifs is 1. The Kier molecular flexibility index (Phi) is 2.19. The average Bonchev–Trinajstić information content (AvgIpc) is 2.51. The van der Waals surface area contributed by atoms with E-state index in [4.69, 9.17) is 11.6 Å².